The Morgan fingerprint density at radius 2 is 1.94 bits per heavy atom. The van der Waals surface area contributed by atoms with E-state index in [1.165, 1.54) is 0 Å². The molecule has 0 amide bonds. The summed E-state index contributed by atoms with van der Waals surface area (Å²) < 4.78 is 5.62. The van der Waals surface area contributed by atoms with Gasteiger partial charge in [0.15, 0.2) is 0 Å². The van der Waals surface area contributed by atoms with Gasteiger partial charge in [0, 0.05) is 5.56 Å². The molecule has 0 saturated carbocycles. The minimum atomic E-state index is 0.524. The summed E-state index contributed by atoms with van der Waals surface area (Å²) in [6, 6.07) is 7.77. The number of aryl methyl sites for hydroxylation is 1. The van der Waals surface area contributed by atoms with Crippen LogP contribution in [0, 0.1) is 5.92 Å². The smallest absolute Gasteiger partial charge is 0.204 e. The maximum absolute atomic E-state index is 5.62. The van der Waals surface area contributed by atoms with Crippen LogP contribution in [-0.2, 0) is 6.54 Å². The van der Waals surface area contributed by atoms with Gasteiger partial charge in [0.2, 0.25) is 5.82 Å². The molecular formula is C13H18N4O. The highest BCUT2D eigenvalue weighted by atomic mass is 16.5. The minimum absolute atomic E-state index is 0.524. The lowest BCUT2D eigenvalue weighted by molar-refractivity contribution is 0.271. The van der Waals surface area contributed by atoms with Crippen molar-refractivity contribution in [3.05, 3.63) is 24.3 Å². The van der Waals surface area contributed by atoms with Gasteiger partial charge in [-0.2, -0.15) is 4.80 Å². The van der Waals surface area contributed by atoms with E-state index in [1.807, 2.05) is 31.2 Å². The molecule has 0 saturated heterocycles. The first kappa shape index (κ1) is 12.5. The second kappa shape index (κ2) is 5.62. The SMILES string of the molecule is CCn1nnc(-c2ccc(OCC(C)C)cc2)n1. The number of hydrogen-bond acceptors (Lipinski definition) is 4. The monoisotopic (exact) mass is 246 g/mol. The molecule has 5 nitrogen and oxygen atoms in total. The zero-order valence-electron chi connectivity index (χ0n) is 11.0. The second-order valence-electron chi connectivity index (χ2n) is 4.53. The van der Waals surface area contributed by atoms with Crippen molar-refractivity contribution >= 4 is 0 Å². The molecule has 2 rings (SSSR count). The van der Waals surface area contributed by atoms with Gasteiger partial charge >= 0.3 is 0 Å². The van der Waals surface area contributed by atoms with E-state index in [0.717, 1.165) is 24.5 Å². The quantitative estimate of drug-likeness (QED) is 0.813. The number of rotatable bonds is 5. The lowest BCUT2D eigenvalue weighted by Crippen LogP contribution is -2.04. The number of aromatic nitrogens is 4. The van der Waals surface area contributed by atoms with E-state index in [9.17, 15) is 0 Å². The molecule has 0 radical (unpaired) electrons. The maximum Gasteiger partial charge on any atom is 0.204 e. The third-order valence-corrected chi connectivity index (χ3v) is 2.43. The molecule has 1 heterocycles. The van der Waals surface area contributed by atoms with Gasteiger partial charge in [-0.05, 0) is 42.3 Å². The Morgan fingerprint density at radius 1 is 1.22 bits per heavy atom. The van der Waals surface area contributed by atoms with Gasteiger partial charge in [-0.3, -0.25) is 0 Å². The summed E-state index contributed by atoms with van der Waals surface area (Å²) in [4.78, 5) is 1.57. The topological polar surface area (TPSA) is 52.8 Å². The van der Waals surface area contributed by atoms with E-state index < -0.39 is 0 Å². The normalized spacial score (nSPS) is 10.9. The highest BCUT2D eigenvalue weighted by Gasteiger charge is 2.05. The Bertz CT molecular complexity index is 490. The van der Waals surface area contributed by atoms with Crippen LogP contribution in [-0.4, -0.2) is 26.8 Å². The van der Waals surface area contributed by atoms with Crippen molar-refractivity contribution < 1.29 is 4.74 Å². The fourth-order valence-corrected chi connectivity index (χ4v) is 1.46. The van der Waals surface area contributed by atoms with Crippen molar-refractivity contribution in [1.29, 1.82) is 0 Å². The van der Waals surface area contributed by atoms with Gasteiger partial charge in [0.25, 0.3) is 0 Å². The molecule has 5 heteroatoms. The Hall–Kier alpha value is -1.91. The number of hydrogen-bond donors (Lipinski definition) is 0. The standard InChI is InChI=1S/C13H18N4O/c1-4-17-15-13(14-16-17)11-5-7-12(8-6-11)18-9-10(2)3/h5-8,10H,4,9H2,1-3H3. The van der Waals surface area contributed by atoms with Gasteiger partial charge < -0.3 is 4.74 Å². The molecule has 0 bridgehead atoms. The third kappa shape index (κ3) is 3.06. The summed E-state index contributed by atoms with van der Waals surface area (Å²) >= 11 is 0. The summed E-state index contributed by atoms with van der Waals surface area (Å²) in [7, 11) is 0. The zero-order valence-corrected chi connectivity index (χ0v) is 11.0. The highest BCUT2D eigenvalue weighted by Crippen LogP contribution is 2.19. The molecule has 0 fully saturated rings. The molecule has 0 aliphatic heterocycles. The molecule has 1 aromatic carbocycles. The van der Waals surface area contributed by atoms with Gasteiger partial charge in [0.1, 0.15) is 5.75 Å². The number of tetrazole rings is 1. The molecule has 18 heavy (non-hydrogen) atoms. The van der Waals surface area contributed by atoms with Crippen LogP contribution in [0.15, 0.2) is 24.3 Å². The lowest BCUT2D eigenvalue weighted by atomic mass is 10.2. The van der Waals surface area contributed by atoms with Crippen molar-refractivity contribution in [3.8, 4) is 17.1 Å². The minimum Gasteiger partial charge on any atom is -0.493 e. The van der Waals surface area contributed by atoms with Crippen LogP contribution in [0.3, 0.4) is 0 Å². The number of nitrogens with zero attached hydrogens (tertiary/aromatic N) is 4. The van der Waals surface area contributed by atoms with E-state index in [0.29, 0.717) is 11.7 Å². The molecule has 0 N–H and O–H groups in total. The summed E-state index contributed by atoms with van der Waals surface area (Å²) in [6.45, 7) is 7.68. The van der Waals surface area contributed by atoms with Crippen LogP contribution in [0.5, 0.6) is 5.75 Å². The van der Waals surface area contributed by atoms with E-state index >= 15 is 0 Å². The molecule has 0 unspecified atom stereocenters. The van der Waals surface area contributed by atoms with Crippen LogP contribution in [0.2, 0.25) is 0 Å². The Morgan fingerprint density at radius 3 is 2.50 bits per heavy atom. The molecule has 96 valence electrons. The molecule has 2 aromatic rings. The molecule has 0 atom stereocenters. The van der Waals surface area contributed by atoms with Gasteiger partial charge in [-0.15, -0.1) is 10.2 Å². The van der Waals surface area contributed by atoms with Crippen LogP contribution in [0.25, 0.3) is 11.4 Å². The fraction of sp³-hybridized carbons (Fsp3) is 0.462. The zero-order chi connectivity index (χ0) is 13.0. The predicted octanol–water partition coefficient (Wildman–Crippen LogP) is 2.39. The van der Waals surface area contributed by atoms with E-state index in [2.05, 4.69) is 29.3 Å². The number of ether oxygens (including phenoxy) is 1. The van der Waals surface area contributed by atoms with Crippen LogP contribution in [0.1, 0.15) is 20.8 Å². The predicted molar refractivity (Wildman–Crippen MR) is 69.3 cm³/mol. The average Bonchev–Trinajstić information content (AvgIpc) is 2.85. The van der Waals surface area contributed by atoms with Crippen molar-refractivity contribution in [2.24, 2.45) is 5.92 Å². The van der Waals surface area contributed by atoms with E-state index in [1.54, 1.807) is 4.80 Å². The molecule has 0 aliphatic carbocycles. The first-order valence-corrected chi connectivity index (χ1v) is 6.20. The lowest BCUT2D eigenvalue weighted by Gasteiger charge is -2.08. The highest BCUT2D eigenvalue weighted by molar-refractivity contribution is 5.55. The van der Waals surface area contributed by atoms with Crippen molar-refractivity contribution in [1.82, 2.24) is 20.2 Å². The molecule has 0 spiro atoms. The molecule has 0 aliphatic rings. The first-order valence-electron chi connectivity index (χ1n) is 6.20. The Balaban J connectivity index is 2.07. The molecule has 1 aromatic heterocycles. The number of benzene rings is 1. The summed E-state index contributed by atoms with van der Waals surface area (Å²) in [5.74, 6) is 2.04. The fourth-order valence-electron chi connectivity index (χ4n) is 1.46. The van der Waals surface area contributed by atoms with Crippen molar-refractivity contribution in [3.63, 3.8) is 0 Å². The van der Waals surface area contributed by atoms with Gasteiger partial charge in [0.05, 0.1) is 13.2 Å². The van der Waals surface area contributed by atoms with Crippen LogP contribution < -0.4 is 4.74 Å². The largest absolute Gasteiger partial charge is 0.493 e. The van der Waals surface area contributed by atoms with E-state index in [4.69, 9.17) is 4.74 Å². The second-order valence-corrected chi connectivity index (χ2v) is 4.53. The third-order valence-electron chi connectivity index (χ3n) is 2.43. The summed E-state index contributed by atoms with van der Waals surface area (Å²) in [6.07, 6.45) is 0. The average molecular weight is 246 g/mol. The maximum atomic E-state index is 5.62. The van der Waals surface area contributed by atoms with Gasteiger partial charge in [-0.1, -0.05) is 13.8 Å². The van der Waals surface area contributed by atoms with E-state index in [-0.39, 0.29) is 0 Å². The van der Waals surface area contributed by atoms with Crippen LogP contribution >= 0.6 is 0 Å². The Labute approximate surface area is 107 Å². The van der Waals surface area contributed by atoms with Crippen molar-refractivity contribution in [2.75, 3.05) is 6.61 Å². The van der Waals surface area contributed by atoms with Crippen molar-refractivity contribution in [2.45, 2.75) is 27.3 Å². The summed E-state index contributed by atoms with van der Waals surface area (Å²) in [5, 5.41) is 12.2. The van der Waals surface area contributed by atoms with Gasteiger partial charge in [-0.25, -0.2) is 0 Å². The van der Waals surface area contributed by atoms with Crippen LogP contribution in [0.4, 0.5) is 0 Å². The first-order chi connectivity index (χ1) is 8.69. The summed E-state index contributed by atoms with van der Waals surface area (Å²) in [5.41, 5.74) is 0.951. The molecular weight excluding hydrogens is 228 g/mol. The Kier molecular flexibility index (Phi) is 3.92.